The molecule has 0 saturated heterocycles. The van der Waals surface area contributed by atoms with Crippen LogP contribution < -0.4 is 0 Å². The molecule has 0 unspecified atom stereocenters. The minimum atomic E-state index is -0.345. The van der Waals surface area contributed by atoms with Crippen LogP contribution in [0, 0.1) is 0 Å². The van der Waals surface area contributed by atoms with Crippen molar-refractivity contribution in [2.45, 2.75) is 20.3 Å². The Morgan fingerprint density at radius 2 is 1.50 bits per heavy atom. The molecule has 0 saturated carbocycles. The van der Waals surface area contributed by atoms with E-state index in [2.05, 4.69) is 0 Å². The van der Waals surface area contributed by atoms with Gasteiger partial charge in [0.05, 0.1) is 0 Å². The van der Waals surface area contributed by atoms with Crippen LogP contribution in [0.25, 0.3) is 0 Å². The van der Waals surface area contributed by atoms with Crippen LogP contribution in [-0.4, -0.2) is 11.6 Å². The molecule has 5 heteroatoms. The number of hydrogen-bond acceptors (Lipinski definition) is 2. The number of rotatable bonds is 2. The van der Waals surface area contributed by atoms with Gasteiger partial charge in [-0.05, 0) is 0 Å². The van der Waals surface area contributed by atoms with E-state index in [0.717, 1.165) is 0 Å². The predicted molar refractivity (Wildman–Crippen MR) is 27.4 cm³/mol. The smallest absolute Gasteiger partial charge is 2.00 e. The second-order valence-corrected chi connectivity index (χ2v) is 1.33. The molecule has 0 aromatic carbocycles. The molecule has 0 N–H and O–H groups in total. The Morgan fingerprint density at radius 3 is 1.50 bits per heavy atom. The number of Topliss-reactive ketones (excluding diaryl/α,β-unsaturated/α-hetero) is 2. The molecular weight excluding hydrogens is 172 g/mol. The molecule has 4 nitrogen and oxygen atoms in total. The molecule has 0 radical (unpaired) electrons. The van der Waals surface area contributed by atoms with E-state index in [1.54, 1.807) is 6.92 Å². The van der Waals surface area contributed by atoms with E-state index >= 15 is 0 Å². The Balaban J connectivity index is -0.0000000600. The standard InChI is InChI=1S/C5H8O2.2O.Ti/c1-3-5(7)4(2)6;;;/h3H2,1-2H3;;;/q;2*-2;+4. The maximum Gasteiger partial charge on any atom is 4.00 e. The molecule has 0 spiro atoms. The SMILES string of the molecule is CCC(=O)C(C)=O.[O-2].[O-2].[Ti+4]. The van der Waals surface area contributed by atoms with Crippen LogP contribution in [0.3, 0.4) is 0 Å². The Hall–Kier alpha value is -0.0257. The Kier molecular flexibility index (Phi) is 26.4. The fraction of sp³-hybridized carbons (Fsp3) is 0.600. The summed E-state index contributed by atoms with van der Waals surface area (Å²) >= 11 is 0. The normalized spacial score (nSPS) is 5.80. The zero-order valence-electron chi connectivity index (χ0n) is 5.84. The summed E-state index contributed by atoms with van der Waals surface area (Å²) in [5, 5.41) is 0. The summed E-state index contributed by atoms with van der Waals surface area (Å²) in [6, 6.07) is 0. The summed E-state index contributed by atoms with van der Waals surface area (Å²) in [5.41, 5.74) is 0. The molecule has 0 rings (SSSR count). The van der Waals surface area contributed by atoms with Crippen molar-refractivity contribution in [3.05, 3.63) is 0 Å². The van der Waals surface area contributed by atoms with Crippen molar-refractivity contribution in [3.63, 3.8) is 0 Å². The average Bonchev–Trinajstić information content (AvgIpc) is 1.65. The minimum Gasteiger partial charge on any atom is -2.00 e. The van der Waals surface area contributed by atoms with Crippen LogP contribution in [0.2, 0.25) is 0 Å². The molecule has 0 amide bonds. The van der Waals surface area contributed by atoms with Crippen molar-refractivity contribution in [2.24, 2.45) is 0 Å². The maximum atomic E-state index is 10.2. The van der Waals surface area contributed by atoms with Crippen LogP contribution in [0.15, 0.2) is 0 Å². The van der Waals surface area contributed by atoms with Crippen LogP contribution >= 0.6 is 0 Å². The van der Waals surface area contributed by atoms with Crippen molar-refractivity contribution in [1.29, 1.82) is 0 Å². The van der Waals surface area contributed by atoms with Gasteiger partial charge in [-0.3, -0.25) is 9.59 Å². The number of carbonyl (C=O) groups excluding carboxylic acids is 2. The third-order valence-corrected chi connectivity index (χ3v) is 0.714. The third-order valence-electron chi connectivity index (χ3n) is 0.714. The first kappa shape index (κ1) is 22.5. The van der Waals surface area contributed by atoms with E-state index in [1.165, 1.54) is 6.92 Å². The van der Waals surface area contributed by atoms with Gasteiger partial charge in [0.2, 0.25) is 0 Å². The molecule has 0 bridgehead atoms. The molecular formula is C5H8O4Ti. The van der Waals surface area contributed by atoms with E-state index in [-0.39, 0.29) is 44.2 Å². The van der Waals surface area contributed by atoms with E-state index in [9.17, 15) is 9.59 Å². The molecule has 0 atom stereocenters. The predicted octanol–water partition coefficient (Wildman–Crippen LogP) is 0.314. The summed E-state index contributed by atoms with van der Waals surface area (Å²) in [4.78, 5) is 20.2. The van der Waals surface area contributed by atoms with Gasteiger partial charge in [-0.15, -0.1) is 0 Å². The van der Waals surface area contributed by atoms with E-state index in [4.69, 9.17) is 0 Å². The van der Waals surface area contributed by atoms with Gasteiger partial charge >= 0.3 is 21.7 Å². The Labute approximate surface area is 74.5 Å². The van der Waals surface area contributed by atoms with Gasteiger partial charge in [-0.1, -0.05) is 6.92 Å². The second kappa shape index (κ2) is 11.7. The van der Waals surface area contributed by atoms with Gasteiger partial charge in [0.1, 0.15) is 0 Å². The summed E-state index contributed by atoms with van der Waals surface area (Å²) in [6.07, 6.45) is 0.329. The van der Waals surface area contributed by atoms with Crippen LogP contribution in [0.5, 0.6) is 0 Å². The van der Waals surface area contributed by atoms with Crippen LogP contribution in [0.1, 0.15) is 20.3 Å². The molecule has 0 aromatic heterocycles. The summed E-state index contributed by atoms with van der Waals surface area (Å²) in [5.74, 6) is -0.637. The molecule has 0 fully saturated rings. The number of hydrogen-bond donors (Lipinski definition) is 0. The first-order chi connectivity index (χ1) is 3.18. The van der Waals surface area contributed by atoms with Crippen molar-refractivity contribution in [1.82, 2.24) is 0 Å². The fourth-order valence-electron chi connectivity index (χ4n) is 0.249. The Bertz CT molecular complexity index is 102. The number of ketones is 2. The maximum absolute atomic E-state index is 10.2. The van der Waals surface area contributed by atoms with E-state index < -0.39 is 0 Å². The monoisotopic (exact) mass is 180 g/mol. The first-order valence-corrected chi connectivity index (χ1v) is 2.22. The molecule has 0 aliphatic heterocycles. The second-order valence-electron chi connectivity index (χ2n) is 1.33. The zero-order chi connectivity index (χ0) is 5.86. The molecule has 0 heterocycles. The first-order valence-electron chi connectivity index (χ1n) is 2.22. The minimum absolute atomic E-state index is 0. The van der Waals surface area contributed by atoms with Gasteiger partial charge in [0, 0.05) is 13.3 Å². The quantitative estimate of drug-likeness (QED) is 0.451. The molecule has 10 heavy (non-hydrogen) atoms. The summed E-state index contributed by atoms with van der Waals surface area (Å²) in [7, 11) is 0. The van der Waals surface area contributed by atoms with Crippen molar-refractivity contribution < 1.29 is 42.3 Å². The topological polar surface area (TPSA) is 91.1 Å². The molecule has 0 aliphatic rings. The van der Waals surface area contributed by atoms with Crippen molar-refractivity contribution in [2.75, 3.05) is 0 Å². The fourth-order valence-corrected chi connectivity index (χ4v) is 0.249. The molecule has 0 aliphatic carbocycles. The van der Waals surface area contributed by atoms with Crippen LogP contribution in [-0.2, 0) is 42.3 Å². The van der Waals surface area contributed by atoms with Gasteiger partial charge in [0.15, 0.2) is 11.6 Å². The zero-order valence-corrected chi connectivity index (χ0v) is 7.40. The van der Waals surface area contributed by atoms with Gasteiger partial charge in [0.25, 0.3) is 0 Å². The summed E-state index contributed by atoms with van der Waals surface area (Å²) < 4.78 is 0. The molecule has 0 aromatic rings. The van der Waals surface area contributed by atoms with Crippen molar-refractivity contribution in [3.8, 4) is 0 Å². The van der Waals surface area contributed by atoms with E-state index in [0.29, 0.717) is 6.42 Å². The average molecular weight is 180 g/mol. The van der Waals surface area contributed by atoms with E-state index in [1.807, 2.05) is 0 Å². The van der Waals surface area contributed by atoms with Crippen molar-refractivity contribution >= 4 is 11.6 Å². The van der Waals surface area contributed by atoms with Gasteiger partial charge in [-0.2, -0.15) is 0 Å². The molecule has 56 valence electrons. The summed E-state index contributed by atoms with van der Waals surface area (Å²) in [6.45, 7) is 2.95. The van der Waals surface area contributed by atoms with Crippen LogP contribution in [0.4, 0.5) is 0 Å². The largest absolute Gasteiger partial charge is 4.00 e. The Morgan fingerprint density at radius 1 is 1.20 bits per heavy atom. The van der Waals surface area contributed by atoms with Gasteiger partial charge < -0.3 is 11.0 Å². The third kappa shape index (κ3) is 10.9. The van der Waals surface area contributed by atoms with Gasteiger partial charge in [-0.25, -0.2) is 0 Å². The number of carbonyl (C=O) groups is 2.